The summed E-state index contributed by atoms with van der Waals surface area (Å²) in [6.45, 7) is 10.2. The van der Waals surface area contributed by atoms with E-state index < -0.39 is 0 Å². The zero-order valence-electron chi connectivity index (χ0n) is 11.1. The first kappa shape index (κ1) is 12.9. The molecule has 0 N–H and O–H groups in total. The van der Waals surface area contributed by atoms with Crippen molar-refractivity contribution in [3.05, 3.63) is 0 Å². The molecule has 2 aliphatic rings. The van der Waals surface area contributed by atoms with Crippen LogP contribution < -0.4 is 0 Å². The van der Waals surface area contributed by atoms with Crippen LogP contribution in [0.1, 0.15) is 47.0 Å². The molecule has 2 bridgehead atoms. The largest absolute Gasteiger partial charge is 0.373 e. The van der Waals surface area contributed by atoms with Crippen molar-refractivity contribution in [3.63, 3.8) is 0 Å². The molecule has 0 aliphatic heterocycles. The third-order valence-electron chi connectivity index (χ3n) is 5.08. The Morgan fingerprint density at radius 3 is 2.31 bits per heavy atom. The summed E-state index contributed by atoms with van der Waals surface area (Å²) in [6.07, 6.45) is 4.17. The van der Waals surface area contributed by atoms with Crippen LogP contribution in [0.5, 0.6) is 0 Å². The molecule has 2 rings (SSSR count). The van der Waals surface area contributed by atoms with E-state index in [-0.39, 0.29) is 5.60 Å². The lowest BCUT2D eigenvalue weighted by molar-refractivity contribution is -0.143. The Hall–Kier alpha value is 0.440. The van der Waals surface area contributed by atoms with Gasteiger partial charge in [-0.15, -0.1) is 0 Å². The highest BCUT2D eigenvalue weighted by Gasteiger charge is 2.63. The van der Waals surface area contributed by atoms with Crippen molar-refractivity contribution in [2.45, 2.75) is 52.6 Å². The molecule has 16 heavy (non-hydrogen) atoms. The molecule has 94 valence electrons. The number of alkyl halides is 1. The molecular formula is C14H25BrO. The van der Waals surface area contributed by atoms with Gasteiger partial charge in [-0.05, 0) is 42.4 Å². The normalized spacial score (nSPS) is 40.9. The smallest absolute Gasteiger partial charge is 0.0860 e. The maximum Gasteiger partial charge on any atom is 0.0860 e. The molecule has 0 radical (unpaired) electrons. The Morgan fingerprint density at radius 1 is 1.25 bits per heavy atom. The topological polar surface area (TPSA) is 9.23 Å². The molecule has 0 aromatic heterocycles. The van der Waals surface area contributed by atoms with Gasteiger partial charge < -0.3 is 4.74 Å². The zero-order valence-corrected chi connectivity index (χ0v) is 12.6. The quantitative estimate of drug-likeness (QED) is 0.703. The zero-order chi connectivity index (χ0) is 12.0. The minimum absolute atomic E-state index is 0.0974. The van der Waals surface area contributed by atoms with Gasteiger partial charge in [0.1, 0.15) is 0 Å². The second-order valence-corrected chi connectivity index (χ2v) is 7.22. The highest BCUT2D eigenvalue weighted by atomic mass is 79.9. The van der Waals surface area contributed by atoms with Crippen LogP contribution in [0.3, 0.4) is 0 Å². The lowest BCUT2D eigenvalue weighted by Gasteiger charge is -2.49. The van der Waals surface area contributed by atoms with Crippen molar-refractivity contribution in [2.75, 3.05) is 11.9 Å². The van der Waals surface area contributed by atoms with Crippen molar-refractivity contribution in [1.29, 1.82) is 0 Å². The van der Waals surface area contributed by atoms with Crippen molar-refractivity contribution in [2.24, 2.45) is 23.2 Å². The van der Waals surface area contributed by atoms with Gasteiger partial charge in [0.2, 0.25) is 0 Å². The predicted molar refractivity (Wildman–Crippen MR) is 71.9 cm³/mol. The highest BCUT2D eigenvalue weighted by molar-refractivity contribution is 9.09. The van der Waals surface area contributed by atoms with E-state index in [1.807, 2.05) is 0 Å². The molecule has 0 saturated heterocycles. The van der Waals surface area contributed by atoms with E-state index in [1.165, 1.54) is 19.3 Å². The third kappa shape index (κ3) is 1.68. The predicted octanol–water partition coefficient (Wildman–Crippen LogP) is 4.25. The number of hydrogen-bond acceptors (Lipinski definition) is 1. The van der Waals surface area contributed by atoms with Crippen LogP contribution in [0.15, 0.2) is 0 Å². The lowest BCUT2D eigenvalue weighted by atomic mass is 9.66. The van der Waals surface area contributed by atoms with Gasteiger partial charge in [-0.1, -0.05) is 43.6 Å². The first-order valence-corrected chi connectivity index (χ1v) is 7.76. The van der Waals surface area contributed by atoms with Gasteiger partial charge in [-0.2, -0.15) is 0 Å². The Kier molecular flexibility index (Phi) is 3.44. The molecule has 2 aliphatic carbocycles. The fourth-order valence-corrected chi connectivity index (χ4v) is 5.21. The minimum atomic E-state index is 0.0974. The summed E-state index contributed by atoms with van der Waals surface area (Å²) >= 11 is 3.74. The lowest BCUT2D eigenvalue weighted by Crippen LogP contribution is -2.53. The van der Waals surface area contributed by atoms with E-state index in [9.17, 15) is 0 Å². The first-order valence-electron chi connectivity index (χ1n) is 6.64. The van der Waals surface area contributed by atoms with E-state index in [1.54, 1.807) is 0 Å². The molecule has 2 heteroatoms. The summed E-state index contributed by atoms with van der Waals surface area (Å²) < 4.78 is 6.40. The van der Waals surface area contributed by atoms with Crippen molar-refractivity contribution < 1.29 is 4.74 Å². The fraction of sp³-hybridized carbons (Fsp3) is 1.00. The van der Waals surface area contributed by atoms with Crippen molar-refractivity contribution in [3.8, 4) is 0 Å². The van der Waals surface area contributed by atoms with Crippen molar-refractivity contribution in [1.82, 2.24) is 0 Å². The third-order valence-corrected chi connectivity index (χ3v) is 5.91. The molecule has 0 aromatic carbocycles. The first-order chi connectivity index (χ1) is 7.44. The highest BCUT2D eigenvalue weighted by Crippen LogP contribution is 2.63. The standard InChI is InChI=1S/C14H25BrO/c1-10(2)8-16-14(9-15)12-6-5-11(7-12)13(14,3)4/h10-12H,5-9H2,1-4H3. The van der Waals surface area contributed by atoms with Gasteiger partial charge in [-0.3, -0.25) is 0 Å². The molecular weight excluding hydrogens is 264 g/mol. The minimum Gasteiger partial charge on any atom is -0.373 e. The van der Waals surface area contributed by atoms with Gasteiger partial charge >= 0.3 is 0 Å². The van der Waals surface area contributed by atoms with Crippen LogP contribution >= 0.6 is 15.9 Å². The molecule has 0 heterocycles. The van der Waals surface area contributed by atoms with Gasteiger partial charge in [0.25, 0.3) is 0 Å². The number of ether oxygens (including phenoxy) is 1. The van der Waals surface area contributed by atoms with Gasteiger partial charge in [0, 0.05) is 11.9 Å². The summed E-state index contributed by atoms with van der Waals surface area (Å²) in [5.74, 6) is 2.29. The molecule has 1 nitrogen and oxygen atoms in total. The summed E-state index contributed by atoms with van der Waals surface area (Å²) in [5, 5.41) is 1.00. The number of halogens is 1. The molecule has 0 amide bonds. The number of fused-ring (bicyclic) bond motifs is 2. The molecule has 2 fully saturated rings. The summed E-state index contributed by atoms with van der Waals surface area (Å²) in [5.41, 5.74) is 0.439. The van der Waals surface area contributed by atoms with E-state index in [2.05, 4.69) is 43.6 Å². The van der Waals surface area contributed by atoms with Crippen LogP contribution in [-0.4, -0.2) is 17.5 Å². The second-order valence-electron chi connectivity index (χ2n) is 6.66. The average molecular weight is 289 g/mol. The van der Waals surface area contributed by atoms with Crippen LogP contribution in [-0.2, 0) is 4.74 Å². The van der Waals surface area contributed by atoms with Crippen LogP contribution in [0.4, 0.5) is 0 Å². The Balaban J connectivity index is 2.19. The van der Waals surface area contributed by atoms with E-state index in [4.69, 9.17) is 4.74 Å². The van der Waals surface area contributed by atoms with Gasteiger partial charge in [-0.25, -0.2) is 0 Å². The van der Waals surface area contributed by atoms with Crippen LogP contribution in [0.2, 0.25) is 0 Å². The van der Waals surface area contributed by atoms with Gasteiger partial charge in [0.05, 0.1) is 5.60 Å². The summed E-state index contributed by atoms with van der Waals surface area (Å²) in [7, 11) is 0. The number of hydrogen-bond donors (Lipinski definition) is 0. The molecule has 0 spiro atoms. The van der Waals surface area contributed by atoms with Crippen molar-refractivity contribution >= 4 is 15.9 Å². The molecule has 3 unspecified atom stereocenters. The molecule has 0 aromatic rings. The van der Waals surface area contributed by atoms with E-state index in [0.29, 0.717) is 11.3 Å². The van der Waals surface area contributed by atoms with Gasteiger partial charge in [0.15, 0.2) is 0 Å². The molecule has 2 saturated carbocycles. The summed E-state index contributed by atoms with van der Waals surface area (Å²) in [4.78, 5) is 0. The van der Waals surface area contributed by atoms with Crippen LogP contribution in [0, 0.1) is 23.2 Å². The maximum absolute atomic E-state index is 6.40. The SMILES string of the molecule is CC(C)COC1(CBr)C2CCC(C2)C1(C)C. The fourth-order valence-electron chi connectivity index (χ4n) is 3.87. The maximum atomic E-state index is 6.40. The Labute approximate surface area is 108 Å². The van der Waals surface area contributed by atoms with E-state index in [0.717, 1.165) is 23.8 Å². The Morgan fingerprint density at radius 2 is 1.88 bits per heavy atom. The monoisotopic (exact) mass is 288 g/mol. The summed E-state index contributed by atoms with van der Waals surface area (Å²) in [6, 6.07) is 0. The average Bonchev–Trinajstić information content (AvgIpc) is 2.74. The Bertz CT molecular complexity index is 261. The second kappa shape index (κ2) is 4.28. The van der Waals surface area contributed by atoms with E-state index >= 15 is 0 Å². The number of rotatable bonds is 4. The van der Waals surface area contributed by atoms with Crippen LogP contribution in [0.25, 0.3) is 0 Å². The molecule has 3 atom stereocenters.